The molecule has 0 aliphatic carbocycles. The van der Waals surface area contributed by atoms with Crippen molar-refractivity contribution in [3.05, 3.63) is 53.3 Å². The standard InChI is InChI=1S/C14H19N/c1-6-11(3)13(5)15-14-8-7-10(2)9-12(14)4/h6-9,15H,5H2,1-4H3/b11-6+. The fraction of sp³-hybridized carbons (Fsp3) is 0.286. The third kappa shape index (κ3) is 2.98. The summed E-state index contributed by atoms with van der Waals surface area (Å²) in [6, 6.07) is 6.37. The van der Waals surface area contributed by atoms with Gasteiger partial charge in [0.25, 0.3) is 0 Å². The van der Waals surface area contributed by atoms with Gasteiger partial charge >= 0.3 is 0 Å². The number of hydrogen-bond donors (Lipinski definition) is 1. The molecular weight excluding hydrogens is 182 g/mol. The number of anilines is 1. The molecule has 1 heteroatoms. The van der Waals surface area contributed by atoms with Crippen molar-refractivity contribution in [3.63, 3.8) is 0 Å². The fourth-order valence-corrected chi connectivity index (χ4v) is 1.39. The molecule has 0 radical (unpaired) electrons. The van der Waals surface area contributed by atoms with Crippen molar-refractivity contribution in [3.8, 4) is 0 Å². The molecule has 0 saturated heterocycles. The van der Waals surface area contributed by atoms with Crippen LogP contribution in [0.5, 0.6) is 0 Å². The highest BCUT2D eigenvalue weighted by Gasteiger charge is 2.00. The molecule has 0 spiro atoms. The maximum atomic E-state index is 4.00. The summed E-state index contributed by atoms with van der Waals surface area (Å²) in [5, 5.41) is 3.33. The van der Waals surface area contributed by atoms with Crippen molar-refractivity contribution >= 4 is 5.69 Å². The largest absolute Gasteiger partial charge is 0.356 e. The summed E-state index contributed by atoms with van der Waals surface area (Å²) < 4.78 is 0. The SMILES string of the molecule is C=C(Nc1ccc(C)cc1C)/C(C)=C/C. The highest BCUT2D eigenvalue weighted by molar-refractivity contribution is 5.57. The molecule has 0 atom stereocenters. The molecule has 0 amide bonds. The first-order valence-electron chi connectivity index (χ1n) is 5.21. The summed E-state index contributed by atoms with van der Waals surface area (Å²) >= 11 is 0. The summed E-state index contributed by atoms with van der Waals surface area (Å²) in [4.78, 5) is 0. The van der Waals surface area contributed by atoms with E-state index in [0.717, 1.165) is 11.4 Å². The van der Waals surface area contributed by atoms with Gasteiger partial charge in [-0.05, 0) is 44.9 Å². The Labute approximate surface area is 92.5 Å². The molecule has 0 aliphatic heterocycles. The van der Waals surface area contributed by atoms with E-state index in [4.69, 9.17) is 0 Å². The van der Waals surface area contributed by atoms with Crippen molar-refractivity contribution in [1.29, 1.82) is 0 Å². The highest BCUT2D eigenvalue weighted by Crippen LogP contribution is 2.19. The summed E-state index contributed by atoms with van der Waals surface area (Å²) in [5.74, 6) is 0. The minimum atomic E-state index is 0.962. The third-order valence-electron chi connectivity index (χ3n) is 2.58. The van der Waals surface area contributed by atoms with Gasteiger partial charge in [-0.15, -0.1) is 0 Å². The summed E-state index contributed by atoms with van der Waals surface area (Å²) in [5.41, 5.74) is 5.80. The lowest BCUT2D eigenvalue weighted by Crippen LogP contribution is -2.00. The third-order valence-corrected chi connectivity index (χ3v) is 2.58. The van der Waals surface area contributed by atoms with Gasteiger partial charge in [-0.3, -0.25) is 0 Å². The van der Waals surface area contributed by atoms with Crippen LogP contribution in [-0.4, -0.2) is 0 Å². The lowest BCUT2D eigenvalue weighted by atomic mass is 10.1. The van der Waals surface area contributed by atoms with Crippen LogP contribution in [-0.2, 0) is 0 Å². The normalized spacial score (nSPS) is 11.3. The van der Waals surface area contributed by atoms with Crippen LogP contribution in [0.25, 0.3) is 0 Å². The number of benzene rings is 1. The number of allylic oxidation sites excluding steroid dienone is 2. The second-order valence-electron chi connectivity index (χ2n) is 3.89. The van der Waals surface area contributed by atoms with E-state index in [-0.39, 0.29) is 0 Å². The van der Waals surface area contributed by atoms with Crippen molar-refractivity contribution in [1.82, 2.24) is 0 Å². The van der Waals surface area contributed by atoms with Crippen molar-refractivity contribution in [2.75, 3.05) is 5.32 Å². The summed E-state index contributed by atoms with van der Waals surface area (Å²) in [7, 11) is 0. The molecule has 80 valence electrons. The quantitative estimate of drug-likeness (QED) is 0.723. The van der Waals surface area contributed by atoms with E-state index in [1.165, 1.54) is 16.7 Å². The molecule has 1 rings (SSSR count). The number of rotatable bonds is 3. The van der Waals surface area contributed by atoms with Crippen LogP contribution in [0, 0.1) is 13.8 Å². The lowest BCUT2D eigenvalue weighted by molar-refractivity contribution is 1.30. The molecule has 0 saturated carbocycles. The first-order valence-corrected chi connectivity index (χ1v) is 5.21. The van der Waals surface area contributed by atoms with Crippen LogP contribution in [0.4, 0.5) is 5.69 Å². The second kappa shape index (κ2) is 4.83. The van der Waals surface area contributed by atoms with Gasteiger partial charge in [0.2, 0.25) is 0 Å². The summed E-state index contributed by atoms with van der Waals surface area (Å²) in [6.07, 6.45) is 2.05. The molecule has 1 aromatic rings. The van der Waals surface area contributed by atoms with Gasteiger partial charge in [0.15, 0.2) is 0 Å². The molecule has 15 heavy (non-hydrogen) atoms. The zero-order chi connectivity index (χ0) is 11.4. The Morgan fingerprint density at radius 1 is 1.33 bits per heavy atom. The Morgan fingerprint density at radius 3 is 2.53 bits per heavy atom. The predicted octanol–water partition coefficient (Wildman–Crippen LogP) is 4.20. The average Bonchev–Trinajstić information content (AvgIpc) is 2.20. The molecule has 1 nitrogen and oxygen atoms in total. The maximum Gasteiger partial charge on any atom is 0.0414 e. The Morgan fingerprint density at radius 2 is 2.00 bits per heavy atom. The molecular formula is C14H19N. The van der Waals surface area contributed by atoms with E-state index < -0.39 is 0 Å². The van der Waals surface area contributed by atoms with Gasteiger partial charge in [0, 0.05) is 11.4 Å². The number of aryl methyl sites for hydroxylation is 2. The maximum absolute atomic E-state index is 4.00. The van der Waals surface area contributed by atoms with E-state index in [1.807, 2.05) is 6.92 Å². The van der Waals surface area contributed by atoms with Gasteiger partial charge < -0.3 is 5.32 Å². The highest BCUT2D eigenvalue weighted by atomic mass is 14.9. The Kier molecular flexibility index (Phi) is 3.73. The minimum Gasteiger partial charge on any atom is -0.356 e. The average molecular weight is 201 g/mol. The zero-order valence-electron chi connectivity index (χ0n) is 10.0. The summed E-state index contributed by atoms with van der Waals surface area (Å²) in [6.45, 7) is 12.3. The molecule has 0 unspecified atom stereocenters. The Balaban J connectivity index is 2.86. The van der Waals surface area contributed by atoms with Crippen LogP contribution in [0.3, 0.4) is 0 Å². The monoisotopic (exact) mass is 201 g/mol. The smallest absolute Gasteiger partial charge is 0.0414 e. The van der Waals surface area contributed by atoms with Crippen molar-refractivity contribution in [2.24, 2.45) is 0 Å². The van der Waals surface area contributed by atoms with E-state index in [0.29, 0.717) is 0 Å². The molecule has 0 aromatic heterocycles. The van der Waals surface area contributed by atoms with Crippen LogP contribution in [0.1, 0.15) is 25.0 Å². The topological polar surface area (TPSA) is 12.0 Å². The lowest BCUT2D eigenvalue weighted by Gasteiger charge is -2.12. The molecule has 0 bridgehead atoms. The molecule has 0 aliphatic rings. The second-order valence-corrected chi connectivity index (χ2v) is 3.89. The first kappa shape index (κ1) is 11.6. The Hall–Kier alpha value is -1.50. The molecule has 1 N–H and O–H groups in total. The van der Waals surface area contributed by atoms with Crippen LogP contribution >= 0.6 is 0 Å². The Bertz CT molecular complexity index is 400. The van der Waals surface area contributed by atoms with Crippen LogP contribution < -0.4 is 5.32 Å². The molecule has 0 fully saturated rings. The van der Waals surface area contributed by atoms with Gasteiger partial charge in [0.1, 0.15) is 0 Å². The zero-order valence-corrected chi connectivity index (χ0v) is 10.0. The van der Waals surface area contributed by atoms with Gasteiger partial charge in [-0.25, -0.2) is 0 Å². The van der Waals surface area contributed by atoms with Gasteiger partial charge in [-0.2, -0.15) is 0 Å². The first-order chi connectivity index (χ1) is 7.04. The number of nitrogens with one attached hydrogen (secondary N) is 1. The van der Waals surface area contributed by atoms with Crippen molar-refractivity contribution in [2.45, 2.75) is 27.7 Å². The van der Waals surface area contributed by atoms with Gasteiger partial charge in [-0.1, -0.05) is 30.4 Å². The fourth-order valence-electron chi connectivity index (χ4n) is 1.39. The van der Waals surface area contributed by atoms with Crippen LogP contribution in [0.15, 0.2) is 42.1 Å². The van der Waals surface area contributed by atoms with Crippen molar-refractivity contribution < 1.29 is 0 Å². The predicted molar refractivity (Wildman–Crippen MR) is 68.1 cm³/mol. The van der Waals surface area contributed by atoms with E-state index in [2.05, 4.69) is 56.9 Å². The molecule has 1 aromatic carbocycles. The van der Waals surface area contributed by atoms with E-state index in [9.17, 15) is 0 Å². The number of hydrogen-bond acceptors (Lipinski definition) is 1. The molecule has 0 heterocycles. The van der Waals surface area contributed by atoms with E-state index in [1.54, 1.807) is 0 Å². The van der Waals surface area contributed by atoms with Crippen LogP contribution in [0.2, 0.25) is 0 Å². The van der Waals surface area contributed by atoms with E-state index >= 15 is 0 Å². The van der Waals surface area contributed by atoms with Gasteiger partial charge in [0.05, 0.1) is 0 Å². The minimum absolute atomic E-state index is 0.962.